The summed E-state index contributed by atoms with van der Waals surface area (Å²) in [6.45, 7) is 4.09. The molecule has 2 aromatic heterocycles. The van der Waals surface area contributed by atoms with E-state index in [2.05, 4.69) is 44.0 Å². The number of carbonyl (C=O) groups excluding carboxylic acids is 1. The van der Waals surface area contributed by atoms with E-state index in [-0.39, 0.29) is 5.56 Å². The average molecular weight is 529 g/mol. The molecular formula is C28H22BrFN4O. The van der Waals surface area contributed by atoms with Crippen LogP contribution < -0.4 is 5.32 Å². The number of halogens is 2. The number of rotatable bonds is 5. The summed E-state index contributed by atoms with van der Waals surface area (Å²) in [5, 5.41) is 7.67. The SMILES string of the molecule is Cc1cc(-c2cc(NC(=O)c3ccccc3F)n(-c3ccccc3)n2)c(C)n1-c1ccc(Br)cc1. The summed E-state index contributed by atoms with van der Waals surface area (Å²) < 4.78 is 19.1. The summed E-state index contributed by atoms with van der Waals surface area (Å²) in [5.41, 5.74) is 5.54. The van der Waals surface area contributed by atoms with Crippen LogP contribution in [0.2, 0.25) is 0 Å². The first-order chi connectivity index (χ1) is 16.9. The molecule has 35 heavy (non-hydrogen) atoms. The molecule has 0 fully saturated rings. The minimum Gasteiger partial charge on any atom is -0.318 e. The number of anilines is 1. The normalized spacial score (nSPS) is 11.0. The summed E-state index contributed by atoms with van der Waals surface area (Å²) in [4.78, 5) is 12.9. The van der Waals surface area contributed by atoms with Gasteiger partial charge in [0.05, 0.1) is 16.9 Å². The van der Waals surface area contributed by atoms with Crippen molar-refractivity contribution in [3.63, 3.8) is 0 Å². The van der Waals surface area contributed by atoms with Gasteiger partial charge in [0.1, 0.15) is 11.6 Å². The molecule has 0 saturated carbocycles. The molecule has 0 aliphatic carbocycles. The van der Waals surface area contributed by atoms with Gasteiger partial charge in [-0.25, -0.2) is 9.07 Å². The van der Waals surface area contributed by atoms with Crippen molar-refractivity contribution in [1.82, 2.24) is 14.3 Å². The Morgan fingerprint density at radius 2 is 1.57 bits per heavy atom. The number of carbonyl (C=O) groups is 1. The van der Waals surface area contributed by atoms with Gasteiger partial charge in [-0.3, -0.25) is 4.79 Å². The minimum absolute atomic E-state index is 0.0247. The number of nitrogens with zero attached hydrogens (tertiary/aromatic N) is 3. The minimum atomic E-state index is -0.575. The molecule has 0 saturated heterocycles. The molecule has 2 heterocycles. The molecule has 0 aliphatic heterocycles. The Kier molecular flexibility index (Phi) is 6.09. The first kappa shape index (κ1) is 22.8. The van der Waals surface area contributed by atoms with Crippen LogP contribution in [0.3, 0.4) is 0 Å². The van der Waals surface area contributed by atoms with Crippen molar-refractivity contribution in [3.05, 3.63) is 118 Å². The molecule has 5 aromatic rings. The van der Waals surface area contributed by atoms with E-state index in [1.807, 2.05) is 62.4 Å². The van der Waals surface area contributed by atoms with Crippen LogP contribution in [-0.2, 0) is 0 Å². The highest BCUT2D eigenvalue weighted by molar-refractivity contribution is 9.10. The zero-order valence-corrected chi connectivity index (χ0v) is 20.8. The zero-order chi connectivity index (χ0) is 24.5. The topological polar surface area (TPSA) is 51.9 Å². The van der Waals surface area contributed by atoms with E-state index in [0.717, 1.165) is 32.8 Å². The molecule has 0 unspecified atom stereocenters. The maximum Gasteiger partial charge on any atom is 0.259 e. The summed E-state index contributed by atoms with van der Waals surface area (Å²) in [6, 6.07) is 27.5. The molecule has 0 spiro atoms. The van der Waals surface area contributed by atoms with Crippen LogP contribution in [0.5, 0.6) is 0 Å². The second-order valence-electron chi connectivity index (χ2n) is 8.19. The van der Waals surface area contributed by atoms with Crippen molar-refractivity contribution in [2.45, 2.75) is 13.8 Å². The Morgan fingerprint density at radius 3 is 2.29 bits per heavy atom. The third-order valence-corrected chi connectivity index (χ3v) is 6.39. The highest BCUT2D eigenvalue weighted by Crippen LogP contribution is 2.32. The van der Waals surface area contributed by atoms with Gasteiger partial charge >= 0.3 is 0 Å². The number of benzene rings is 3. The highest BCUT2D eigenvalue weighted by Gasteiger charge is 2.20. The van der Waals surface area contributed by atoms with E-state index >= 15 is 0 Å². The molecule has 0 atom stereocenters. The fourth-order valence-electron chi connectivity index (χ4n) is 4.21. The van der Waals surface area contributed by atoms with Crippen molar-refractivity contribution >= 4 is 27.7 Å². The Hall–Kier alpha value is -3.97. The van der Waals surface area contributed by atoms with E-state index in [1.165, 1.54) is 12.1 Å². The van der Waals surface area contributed by atoms with Crippen molar-refractivity contribution in [3.8, 4) is 22.6 Å². The Labute approximate surface area is 211 Å². The van der Waals surface area contributed by atoms with Crippen LogP contribution in [0.25, 0.3) is 22.6 Å². The van der Waals surface area contributed by atoms with E-state index in [4.69, 9.17) is 5.10 Å². The zero-order valence-electron chi connectivity index (χ0n) is 19.2. The molecule has 0 bridgehead atoms. The third-order valence-electron chi connectivity index (χ3n) is 5.86. The Morgan fingerprint density at radius 1 is 0.886 bits per heavy atom. The molecule has 1 amide bonds. The van der Waals surface area contributed by atoms with Crippen LogP contribution in [0.1, 0.15) is 21.7 Å². The van der Waals surface area contributed by atoms with Crippen LogP contribution in [-0.4, -0.2) is 20.3 Å². The lowest BCUT2D eigenvalue weighted by Gasteiger charge is -2.10. The van der Waals surface area contributed by atoms with Gasteiger partial charge in [0, 0.05) is 33.2 Å². The molecule has 174 valence electrons. The second kappa shape index (κ2) is 9.35. The first-order valence-electron chi connectivity index (χ1n) is 11.1. The quantitative estimate of drug-likeness (QED) is 0.264. The smallest absolute Gasteiger partial charge is 0.259 e. The van der Waals surface area contributed by atoms with Gasteiger partial charge in [0.15, 0.2) is 0 Å². The fraction of sp³-hybridized carbons (Fsp3) is 0.0714. The third kappa shape index (κ3) is 4.42. The van der Waals surface area contributed by atoms with Crippen LogP contribution >= 0.6 is 15.9 Å². The van der Waals surface area contributed by atoms with Crippen LogP contribution in [0.15, 0.2) is 95.5 Å². The molecule has 0 aliphatic rings. The summed E-state index contributed by atoms with van der Waals surface area (Å²) in [5.74, 6) is -0.658. The van der Waals surface area contributed by atoms with E-state index in [0.29, 0.717) is 11.5 Å². The lowest BCUT2D eigenvalue weighted by atomic mass is 10.1. The molecule has 0 radical (unpaired) electrons. The Balaban J connectivity index is 1.59. The summed E-state index contributed by atoms with van der Waals surface area (Å²) in [7, 11) is 0. The largest absolute Gasteiger partial charge is 0.318 e. The van der Waals surface area contributed by atoms with Crippen molar-refractivity contribution in [1.29, 1.82) is 0 Å². The van der Waals surface area contributed by atoms with E-state index in [9.17, 15) is 9.18 Å². The van der Waals surface area contributed by atoms with Gasteiger partial charge in [-0.15, -0.1) is 0 Å². The average Bonchev–Trinajstić information content (AvgIpc) is 3.40. The van der Waals surface area contributed by atoms with Crippen LogP contribution in [0, 0.1) is 19.7 Å². The molecule has 7 heteroatoms. The van der Waals surface area contributed by atoms with E-state index in [1.54, 1.807) is 16.8 Å². The second-order valence-corrected chi connectivity index (χ2v) is 9.11. The monoisotopic (exact) mass is 528 g/mol. The summed E-state index contributed by atoms with van der Waals surface area (Å²) >= 11 is 3.49. The van der Waals surface area contributed by atoms with Crippen molar-refractivity contribution < 1.29 is 9.18 Å². The number of amides is 1. The predicted octanol–water partition coefficient (Wildman–Crippen LogP) is 7.10. The molecule has 1 N–H and O–H groups in total. The van der Waals surface area contributed by atoms with Gasteiger partial charge in [0.25, 0.3) is 5.91 Å². The van der Waals surface area contributed by atoms with Gasteiger partial charge in [-0.05, 0) is 68.4 Å². The molecular weight excluding hydrogens is 507 g/mol. The molecule has 5 nitrogen and oxygen atoms in total. The molecule has 3 aromatic carbocycles. The number of aryl methyl sites for hydroxylation is 1. The van der Waals surface area contributed by atoms with Gasteiger partial charge < -0.3 is 9.88 Å². The van der Waals surface area contributed by atoms with Gasteiger partial charge in [-0.2, -0.15) is 5.10 Å². The maximum atomic E-state index is 14.2. The standard InChI is InChI=1S/C28H22BrFN4O/c1-18-16-24(19(2)33(18)21-14-12-20(29)13-15-21)26-17-27(34(32-26)22-8-4-3-5-9-22)31-28(35)23-10-6-7-11-25(23)30/h3-17H,1-2H3,(H,31,35). The Bertz CT molecular complexity index is 1520. The number of para-hydroxylation sites is 1. The lowest BCUT2D eigenvalue weighted by Crippen LogP contribution is -2.16. The van der Waals surface area contributed by atoms with Crippen molar-refractivity contribution in [2.75, 3.05) is 5.32 Å². The number of hydrogen-bond acceptors (Lipinski definition) is 2. The van der Waals surface area contributed by atoms with Crippen LogP contribution in [0.4, 0.5) is 10.2 Å². The number of aromatic nitrogens is 3. The fourth-order valence-corrected chi connectivity index (χ4v) is 4.47. The molecule has 5 rings (SSSR count). The number of hydrogen-bond donors (Lipinski definition) is 1. The first-order valence-corrected chi connectivity index (χ1v) is 11.9. The van der Waals surface area contributed by atoms with E-state index < -0.39 is 11.7 Å². The van der Waals surface area contributed by atoms with Gasteiger partial charge in [0.2, 0.25) is 0 Å². The highest BCUT2D eigenvalue weighted by atomic mass is 79.9. The predicted molar refractivity (Wildman–Crippen MR) is 140 cm³/mol. The van der Waals surface area contributed by atoms with Crippen molar-refractivity contribution in [2.24, 2.45) is 0 Å². The maximum absolute atomic E-state index is 14.2. The number of nitrogens with one attached hydrogen (secondary N) is 1. The summed E-state index contributed by atoms with van der Waals surface area (Å²) in [6.07, 6.45) is 0. The lowest BCUT2D eigenvalue weighted by molar-refractivity contribution is 0.102. The van der Waals surface area contributed by atoms with Gasteiger partial charge in [-0.1, -0.05) is 46.3 Å².